The van der Waals surface area contributed by atoms with Crippen LogP contribution < -0.4 is 0 Å². The Morgan fingerprint density at radius 2 is 1.29 bits per heavy atom. The van der Waals surface area contributed by atoms with Crippen molar-refractivity contribution in [3.63, 3.8) is 0 Å². The van der Waals surface area contributed by atoms with Gasteiger partial charge in [0, 0.05) is 0 Å². The van der Waals surface area contributed by atoms with E-state index in [0.717, 1.165) is 11.8 Å². The van der Waals surface area contributed by atoms with E-state index in [0.29, 0.717) is 0 Å². The topological polar surface area (TPSA) is 0 Å². The normalized spacial score (nSPS) is 24.8. The number of fused-ring (bicyclic) bond motifs is 2. The summed E-state index contributed by atoms with van der Waals surface area (Å²) in [7, 11) is -0.389. The SMILES string of the molecule is C1=CCC2CC[CH-]C2=C1.C1=CCC2CC[CH-]C2=C1.[CH2-][SiH](C)C.[CH3-].[Zr+4]. The Labute approximate surface area is 172 Å². The Morgan fingerprint density at radius 1 is 0.917 bits per heavy atom. The van der Waals surface area contributed by atoms with Crippen LogP contribution in [0.3, 0.4) is 0 Å². The van der Waals surface area contributed by atoms with E-state index in [1.165, 1.54) is 38.5 Å². The van der Waals surface area contributed by atoms with Gasteiger partial charge in [0.05, 0.1) is 0 Å². The van der Waals surface area contributed by atoms with Gasteiger partial charge in [-0.1, -0.05) is 25.9 Å². The first-order valence-corrected chi connectivity index (χ1v) is 12.0. The molecule has 4 aliphatic rings. The maximum atomic E-state index is 3.78. The third-order valence-corrected chi connectivity index (χ3v) is 4.42. The van der Waals surface area contributed by atoms with Gasteiger partial charge in [-0.05, 0) is 24.7 Å². The maximum absolute atomic E-state index is 3.78. The van der Waals surface area contributed by atoms with Gasteiger partial charge in [-0.3, -0.25) is 0 Å². The van der Waals surface area contributed by atoms with Crippen LogP contribution in [0, 0.1) is 38.7 Å². The quantitative estimate of drug-likeness (QED) is 0.322. The standard InChI is InChI=1S/2C9H11.C3H9Si.CH3.Zr/c2*1-2-5-9-7-3-6-8(9)4-1;1-4(2)3;;/h2*1-2,4,6,9H,3,5,7H2;4H,1H2,2-3H3;1H3;/q4*-1;+4. The summed E-state index contributed by atoms with van der Waals surface area (Å²) < 4.78 is 0. The summed E-state index contributed by atoms with van der Waals surface area (Å²) >= 11 is 0. The van der Waals surface area contributed by atoms with Crippen molar-refractivity contribution in [2.24, 2.45) is 11.8 Å². The van der Waals surface area contributed by atoms with Crippen molar-refractivity contribution in [1.29, 1.82) is 0 Å². The zero-order chi connectivity index (χ0) is 15.8. The van der Waals surface area contributed by atoms with E-state index in [1.54, 1.807) is 11.1 Å². The van der Waals surface area contributed by atoms with Crippen LogP contribution in [0.4, 0.5) is 0 Å². The zero-order valence-electron chi connectivity index (χ0n) is 15.8. The summed E-state index contributed by atoms with van der Waals surface area (Å²) in [6.45, 7) is 8.17. The summed E-state index contributed by atoms with van der Waals surface area (Å²) in [6.07, 6.45) is 26.1. The van der Waals surface area contributed by atoms with Crippen LogP contribution in [0.2, 0.25) is 13.1 Å². The van der Waals surface area contributed by atoms with Gasteiger partial charge in [-0.2, -0.15) is 0 Å². The monoisotopic (exact) mass is 416 g/mol. The van der Waals surface area contributed by atoms with Gasteiger partial charge in [0.1, 0.15) is 0 Å². The molecule has 4 rings (SSSR count). The Bertz CT molecular complexity index is 414. The van der Waals surface area contributed by atoms with Gasteiger partial charge in [0.2, 0.25) is 0 Å². The summed E-state index contributed by atoms with van der Waals surface area (Å²) in [6, 6.07) is 0. The molecule has 0 aliphatic heterocycles. The van der Waals surface area contributed by atoms with Crippen molar-refractivity contribution < 1.29 is 26.2 Å². The van der Waals surface area contributed by atoms with E-state index < -0.39 is 0 Å². The molecule has 0 spiro atoms. The molecule has 0 aromatic rings. The minimum Gasteiger partial charge on any atom is -0.358 e. The number of allylic oxidation sites excluding steroid dienone is 8. The average molecular weight is 418 g/mol. The molecular formula is C22H34SiZr. The molecule has 2 saturated carbocycles. The molecule has 0 amide bonds. The van der Waals surface area contributed by atoms with E-state index in [2.05, 4.69) is 68.9 Å². The molecule has 0 aromatic heterocycles. The van der Waals surface area contributed by atoms with Gasteiger partial charge in [0.25, 0.3) is 0 Å². The largest absolute Gasteiger partial charge is 4.00 e. The molecule has 0 radical (unpaired) electrons. The van der Waals surface area contributed by atoms with Crippen molar-refractivity contribution in [3.8, 4) is 0 Å². The first-order chi connectivity index (χ1) is 10.7. The van der Waals surface area contributed by atoms with E-state index in [9.17, 15) is 0 Å². The Balaban J connectivity index is 0.000000341. The van der Waals surface area contributed by atoms with Crippen LogP contribution in [0.15, 0.2) is 47.6 Å². The van der Waals surface area contributed by atoms with E-state index >= 15 is 0 Å². The minimum atomic E-state index is -0.389. The first-order valence-electron chi connectivity index (χ1n) is 8.89. The molecule has 2 heteroatoms. The maximum Gasteiger partial charge on any atom is 4.00 e. The fourth-order valence-corrected chi connectivity index (χ4v) is 3.33. The molecule has 0 bridgehead atoms. The smallest absolute Gasteiger partial charge is 0.358 e. The number of hydrogen-bond donors (Lipinski definition) is 0. The van der Waals surface area contributed by atoms with Gasteiger partial charge in [-0.15, -0.1) is 45.9 Å². The molecule has 2 atom stereocenters. The minimum absolute atomic E-state index is 0. The predicted molar refractivity (Wildman–Crippen MR) is 108 cm³/mol. The zero-order valence-corrected chi connectivity index (χ0v) is 19.4. The second kappa shape index (κ2) is 13.1. The van der Waals surface area contributed by atoms with E-state index in [1.807, 2.05) is 0 Å². The summed E-state index contributed by atoms with van der Waals surface area (Å²) in [5, 5.41) is 0. The molecule has 24 heavy (non-hydrogen) atoms. The Hall–Kier alpha value is -0.200. The van der Waals surface area contributed by atoms with Crippen LogP contribution in [0.25, 0.3) is 0 Å². The Morgan fingerprint density at radius 3 is 1.62 bits per heavy atom. The molecule has 0 saturated heterocycles. The molecule has 0 heterocycles. The van der Waals surface area contributed by atoms with E-state index in [4.69, 9.17) is 0 Å². The van der Waals surface area contributed by atoms with Gasteiger partial charge >= 0.3 is 26.2 Å². The van der Waals surface area contributed by atoms with E-state index in [-0.39, 0.29) is 42.4 Å². The third kappa shape index (κ3) is 8.26. The summed E-state index contributed by atoms with van der Waals surface area (Å²) in [5.41, 5.74) is 3.16. The fourth-order valence-electron chi connectivity index (χ4n) is 3.33. The molecule has 2 unspecified atom stereocenters. The van der Waals surface area contributed by atoms with Crippen molar-refractivity contribution in [2.75, 3.05) is 0 Å². The van der Waals surface area contributed by atoms with Gasteiger partial charge in [0.15, 0.2) is 0 Å². The fraction of sp³-hybridized carbons (Fsp3) is 0.455. The second-order valence-electron chi connectivity index (χ2n) is 7.01. The van der Waals surface area contributed by atoms with Crippen molar-refractivity contribution in [2.45, 2.75) is 51.6 Å². The predicted octanol–water partition coefficient (Wildman–Crippen LogP) is 6.27. The van der Waals surface area contributed by atoms with Crippen molar-refractivity contribution >= 4 is 8.80 Å². The summed E-state index contributed by atoms with van der Waals surface area (Å²) in [4.78, 5) is 0. The second-order valence-corrected chi connectivity index (χ2v) is 9.80. The molecule has 4 aliphatic carbocycles. The van der Waals surface area contributed by atoms with Crippen molar-refractivity contribution in [3.05, 3.63) is 74.4 Å². The average Bonchev–Trinajstić information content (AvgIpc) is 3.16. The molecular weight excluding hydrogens is 384 g/mol. The number of rotatable bonds is 0. The van der Waals surface area contributed by atoms with Gasteiger partial charge < -0.3 is 14.0 Å². The molecule has 130 valence electrons. The van der Waals surface area contributed by atoms with Crippen LogP contribution in [-0.4, -0.2) is 8.80 Å². The van der Waals surface area contributed by atoms with Crippen LogP contribution in [0.1, 0.15) is 38.5 Å². The van der Waals surface area contributed by atoms with Crippen LogP contribution in [-0.2, 0) is 26.2 Å². The molecule has 0 aromatic carbocycles. The third-order valence-electron chi connectivity index (χ3n) is 4.42. The molecule has 0 N–H and O–H groups in total. The molecule has 2 fully saturated rings. The molecule has 0 nitrogen and oxygen atoms in total. The summed E-state index contributed by atoms with van der Waals surface area (Å²) in [5.74, 6) is 1.77. The van der Waals surface area contributed by atoms with Crippen LogP contribution in [0.5, 0.6) is 0 Å². The van der Waals surface area contributed by atoms with Gasteiger partial charge in [-0.25, -0.2) is 36.1 Å². The van der Waals surface area contributed by atoms with Crippen LogP contribution >= 0.6 is 0 Å². The number of hydrogen-bond acceptors (Lipinski definition) is 0. The first kappa shape index (κ1) is 23.8. The Kier molecular flexibility index (Phi) is 13.0. The van der Waals surface area contributed by atoms with Crippen molar-refractivity contribution in [1.82, 2.24) is 0 Å².